The summed E-state index contributed by atoms with van der Waals surface area (Å²) in [5.41, 5.74) is -0.165. The van der Waals surface area contributed by atoms with Crippen LogP contribution in [0.1, 0.15) is 25.3 Å². The van der Waals surface area contributed by atoms with Gasteiger partial charge in [-0.25, -0.2) is 17.5 Å². The number of benzene rings is 1. The topological polar surface area (TPSA) is 75.6 Å². The van der Waals surface area contributed by atoms with Gasteiger partial charge in [-0.05, 0) is 18.6 Å². The van der Waals surface area contributed by atoms with Crippen LogP contribution in [0, 0.1) is 5.82 Å². The van der Waals surface area contributed by atoms with E-state index < -0.39 is 33.4 Å². The lowest BCUT2D eigenvalue weighted by Crippen LogP contribution is -2.38. The predicted octanol–water partition coefficient (Wildman–Crippen LogP) is 2.06. The highest BCUT2D eigenvalue weighted by Crippen LogP contribution is 2.24. The number of sulfonamides is 1. The molecule has 0 aliphatic carbocycles. The molecule has 0 aliphatic rings. The lowest BCUT2D eigenvalue weighted by molar-refractivity contribution is 0.171. The van der Waals surface area contributed by atoms with Crippen molar-refractivity contribution in [1.82, 2.24) is 4.72 Å². The van der Waals surface area contributed by atoms with Crippen molar-refractivity contribution in [2.75, 3.05) is 13.7 Å². The molecule has 0 aliphatic heterocycles. The third kappa shape index (κ3) is 4.89. The molecule has 0 saturated heterocycles. The van der Waals surface area contributed by atoms with Gasteiger partial charge in [-0.3, -0.25) is 0 Å². The predicted molar refractivity (Wildman–Crippen MR) is 78.2 cm³/mol. The number of rotatable bonds is 8. The van der Waals surface area contributed by atoms with Gasteiger partial charge in [0.25, 0.3) is 0 Å². The summed E-state index contributed by atoms with van der Waals surface area (Å²) in [7, 11) is -2.63. The maximum Gasteiger partial charge on any atom is 0.243 e. The molecule has 21 heavy (non-hydrogen) atoms. The molecule has 0 amide bonds. The Bertz CT molecular complexity index is 574. The van der Waals surface area contributed by atoms with Gasteiger partial charge >= 0.3 is 0 Å². The number of nitrogens with one attached hydrogen (secondary N) is 1. The minimum atomic E-state index is -4.09. The van der Waals surface area contributed by atoms with E-state index in [1.807, 2.05) is 6.92 Å². The smallest absolute Gasteiger partial charge is 0.243 e. The molecule has 1 unspecified atom stereocenters. The quantitative estimate of drug-likeness (QED) is 0.760. The molecule has 0 aromatic heterocycles. The molecule has 0 bridgehead atoms. The number of methoxy groups -OCH3 is 1. The van der Waals surface area contributed by atoms with Gasteiger partial charge in [-0.2, -0.15) is 0 Å². The molecule has 0 radical (unpaired) electrons. The minimum Gasteiger partial charge on any atom is -0.392 e. The van der Waals surface area contributed by atoms with Gasteiger partial charge in [0.2, 0.25) is 10.0 Å². The van der Waals surface area contributed by atoms with Crippen LogP contribution in [0.3, 0.4) is 0 Å². The fraction of sp³-hybridized carbons (Fsp3) is 0.538. The summed E-state index contributed by atoms with van der Waals surface area (Å²) in [6.45, 7) is 1.45. The molecular formula is C13H19ClFNO4S. The Morgan fingerprint density at radius 2 is 2.14 bits per heavy atom. The second-order valence-electron chi connectivity index (χ2n) is 4.60. The Balaban J connectivity index is 3.15. The molecule has 1 aromatic carbocycles. The van der Waals surface area contributed by atoms with Crippen molar-refractivity contribution in [3.63, 3.8) is 0 Å². The van der Waals surface area contributed by atoms with Crippen LogP contribution in [0.2, 0.25) is 5.02 Å². The second-order valence-corrected chi connectivity index (χ2v) is 6.72. The average Bonchev–Trinajstić information content (AvgIpc) is 2.41. The molecule has 120 valence electrons. The van der Waals surface area contributed by atoms with E-state index in [4.69, 9.17) is 21.4 Å². The van der Waals surface area contributed by atoms with Gasteiger partial charge in [0.05, 0.1) is 13.2 Å². The lowest BCUT2D eigenvalue weighted by atomic mass is 10.2. The molecule has 0 fully saturated rings. The first kappa shape index (κ1) is 18.3. The Kier molecular flexibility index (Phi) is 7.02. The Labute approximate surface area is 129 Å². The van der Waals surface area contributed by atoms with Gasteiger partial charge in [-0.15, -0.1) is 0 Å². The van der Waals surface area contributed by atoms with E-state index in [1.54, 1.807) is 0 Å². The van der Waals surface area contributed by atoms with Crippen LogP contribution in [-0.4, -0.2) is 33.3 Å². The molecule has 2 N–H and O–H groups in total. The van der Waals surface area contributed by atoms with E-state index in [9.17, 15) is 12.8 Å². The highest BCUT2D eigenvalue weighted by Gasteiger charge is 2.25. The van der Waals surface area contributed by atoms with Crippen molar-refractivity contribution in [2.24, 2.45) is 0 Å². The average molecular weight is 340 g/mol. The molecule has 5 nitrogen and oxygen atoms in total. The zero-order chi connectivity index (χ0) is 16.0. The largest absolute Gasteiger partial charge is 0.392 e. The minimum absolute atomic E-state index is 0.0413. The summed E-state index contributed by atoms with van der Waals surface area (Å²) in [4.78, 5) is -0.573. The van der Waals surface area contributed by atoms with Crippen molar-refractivity contribution in [3.05, 3.63) is 28.5 Å². The van der Waals surface area contributed by atoms with E-state index in [0.717, 1.165) is 12.5 Å². The summed E-state index contributed by atoms with van der Waals surface area (Å²) in [5, 5.41) is 9.09. The van der Waals surface area contributed by atoms with Crippen molar-refractivity contribution in [1.29, 1.82) is 0 Å². The van der Waals surface area contributed by atoms with Crippen molar-refractivity contribution < 1.29 is 22.7 Å². The van der Waals surface area contributed by atoms with E-state index in [-0.39, 0.29) is 17.2 Å². The van der Waals surface area contributed by atoms with Crippen LogP contribution in [-0.2, 0) is 21.4 Å². The summed E-state index contributed by atoms with van der Waals surface area (Å²) in [6.07, 6.45) is 1.30. The zero-order valence-electron chi connectivity index (χ0n) is 11.9. The second kappa shape index (κ2) is 8.05. The Hall–Kier alpha value is -0.730. The first-order chi connectivity index (χ1) is 9.85. The van der Waals surface area contributed by atoms with Crippen LogP contribution in [0.4, 0.5) is 4.39 Å². The van der Waals surface area contributed by atoms with Gasteiger partial charge in [0.1, 0.15) is 10.7 Å². The molecule has 0 heterocycles. The number of hydrogen-bond acceptors (Lipinski definition) is 4. The first-order valence-electron chi connectivity index (χ1n) is 6.45. The maximum atomic E-state index is 14.1. The number of ether oxygens (including phenoxy) is 1. The summed E-state index contributed by atoms with van der Waals surface area (Å²) >= 11 is 5.77. The number of aliphatic hydroxyl groups is 1. The zero-order valence-corrected chi connectivity index (χ0v) is 13.5. The number of halogens is 2. The van der Waals surface area contributed by atoms with E-state index >= 15 is 0 Å². The lowest BCUT2D eigenvalue weighted by Gasteiger charge is -2.18. The van der Waals surface area contributed by atoms with Crippen molar-refractivity contribution in [3.8, 4) is 0 Å². The normalized spacial score (nSPS) is 13.4. The first-order valence-corrected chi connectivity index (χ1v) is 8.31. The standard InChI is InChI=1S/C13H19ClFNO4S/c1-3-4-11(8-20-2)16-21(18,19)12-6-10(14)5-9(7-17)13(12)15/h5-6,11,16-17H,3-4,7-8H2,1-2H3. The third-order valence-electron chi connectivity index (χ3n) is 2.87. The van der Waals surface area contributed by atoms with E-state index in [0.29, 0.717) is 6.42 Å². The van der Waals surface area contributed by atoms with E-state index in [2.05, 4.69) is 4.72 Å². The number of aliphatic hydroxyl groups excluding tert-OH is 1. The van der Waals surface area contributed by atoms with Gasteiger partial charge in [0.15, 0.2) is 0 Å². The molecule has 0 saturated carbocycles. The fourth-order valence-electron chi connectivity index (χ4n) is 1.94. The fourth-order valence-corrected chi connectivity index (χ4v) is 3.64. The molecule has 1 rings (SSSR count). The molecule has 8 heteroatoms. The Morgan fingerprint density at radius 3 is 2.67 bits per heavy atom. The van der Waals surface area contributed by atoms with Crippen LogP contribution in [0.5, 0.6) is 0 Å². The maximum absolute atomic E-state index is 14.1. The van der Waals surface area contributed by atoms with Gasteiger partial charge in [-0.1, -0.05) is 24.9 Å². The summed E-state index contributed by atoms with van der Waals surface area (Å²) < 4.78 is 46.0. The molecule has 1 atom stereocenters. The van der Waals surface area contributed by atoms with Crippen LogP contribution >= 0.6 is 11.6 Å². The monoisotopic (exact) mass is 339 g/mol. The van der Waals surface area contributed by atoms with Gasteiger partial charge in [0, 0.05) is 23.7 Å². The van der Waals surface area contributed by atoms with Crippen molar-refractivity contribution in [2.45, 2.75) is 37.3 Å². The molecular weight excluding hydrogens is 321 g/mol. The molecule has 1 aromatic rings. The SMILES string of the molecule is CCCC(COC)NS(=O)(=O)c1cc(Cl)cc(CO)c1F. The Morgan fingerprint density at radius 1 is 1.48 bits per heavy atom. The van der Waals surface area contributed by atoms with Gasteiger partial charge < -0.3 is 9.84 Å². The highest BCUT2D eigenvalue weighted by atomic mass is 35.5. The highest BCUT2D eigenvalue weighted by molar-refractivity contribution is 7.89. The van der Waals surface area contributed by atoms with E-state index in [1.165, 1.54) is 13.2 Å². The van der Waals surface area contributed by atoms with Crippen LogP contribution in [0.25, 0.3) is 0 Å². The number of hydrogen-bond donors (Lipinski definition) is 2. The van der Waals surface area contributed by atoms with Crippen LogP contribution < -0.4 is 4.72 Å². The van der Waals surface area contributed by atoms with Crippen molar-refractivity contribution >= 4 is 21.6 Å². The third-order valence-corrected chi connectivity index (χ3v) is 4.60. The van der Waals surface area contributed by atoms with Crippen LogP contribution in [0.15, 0.2) is 17.0 Å². The molecule has 0 spiro atoms. The summed E-state index contributed by atoms with van der Waals surface area (Å²) in [5.74, 6) is -0.998. The summed E-state index contributed by atoms with van der Waals surface area (Å²) in [6, 6.07) is 1.75.